The van der Waals surface area contributed by atoms with E-state index in [0.717, 1.165) is 0 Å². The molecule has 2 fully saturated rings. The molecule has 4 N–H and O–H groups in total. The summed E-state index contributed by atoms with van der Waals surface area (Å²) in [6.07, 6.45) is 1.21. The van der Waals surface area contributed by atoms with E-state index in [1.54, 1.807) is 20.8 Å². The minimum absolute atomic E-state index is 0.0245. The Morgan fingerprint density at radius 2 is 2.04 bits per heavy atom. The van der Waals surface area contributed by atoms with Crippen molar-refractivity contribution in [3.05, 3.63) is 0 Å². The van der Waals surface area contributed by atoms with Crippen LogP contribution in [0.15, 0.2) is 0 Å². The first kappa shape index (κ1) is 18.5. The lowest BCUT2D eigenvalue weighted by Crippen LogP contribution is -2.54. The second kappa shape index (κ2) is 6.96. The Kier molecular flexibility index (Phi) is 5.37. The van der Waals surface area contributed by atoms with Gasteiger partial charge in [0.2, 0.25) is 11.8 Å². The highest BCUT2D eigenvalue weighted by atomic mass is 16.6. The molecule has 136 valence electrons. The predicted octanol–water partition coefficient (Wildman–Crippen LogP) is -0.0156. The maximum absolute atomic E-state index is 12.9. The number of hydrogen-bond acceptors (Lipinski definition) is 5. The summed E-state index contributed by atoms with van der Waals surface area (Å²) in [6, 6.07) is -1.44. The number of rotatable bonds is 5. The maximum Gasteiger partial charge on any atom is 0.408 e. The smallest absolute Gasteiger partial charge is 0.408 e. The number of aliphatic hydroxyl groups excluding tert-OH is 1. The summed E-state index contributed by atoms with van der Waals surface area (Å²) in [5.41, 5.74) is 4.69. The van der Waals surface area contributed by atoms with Gasteiger partial charge in [0.15, 0.2) is 0 Å². The molecule has 0 aromatic heterocycles. The van der Waals surface area contributed by atoms with Gasteiger partial charge in [0, 0.05) is 13.2 Å². The van der Waals surface area contributed by atoms with Gasteiger partial charge >= 0.3 is 6.09 Å². The van der Waals surface area contributed by atoms with Gasteiger partial charge < -0.3 is 25.8 Å². The van der Waals surface area contributed by atoms with Gasteiger partial charge in [-0.3, -0.25) is 9.59 Å². The molecule has 8 nitrogen and oxygen atoms in total. The Morgan fingerprint density at radius 1 is 1.38 bits per heavy atom. The molecule has 24 heavy (non-hydrogen) atoms. The number of nitrogens with two attached hydrogens (primary N) is 1. The molecule has 0 bridgehead atoms. The number of amides is 3. The quantitative estimate of drug-likeness (QED) is 0.649. The van der Waals surface area contributed by atoms with Crippen LogP contribution < -0.4 is 11.1 Å². The van der Waals surface area contributed by atoms with Gasteiger partial charge in [0.25, 0.3) is 0 Å². The Balaban J connectivity index is 2.10. The molecule has 1 saturated heterocycles. The predicted molar refractivity (Wildman–Crippen MR) is 85.8 cm³/mol. The summed E-state index contributed by atoms with van der Waals surface area (Å²) in [5.74, 6) is -1.04. The number of ether oxygens (including phenoxy) is 1. The third-order valence-corrected chi connectivity index (χ3v) is 4.44. The first-order valence-electron chi connectivity index (χ1n) is 8.34. The number of alkyl carbamates (subject to hydrolysis) is 1. The Morgan fingerprint density at radius 3 is 2.54 bits per heavy atom. The normalized spacial score (nSPS) is 27.5. The van der Waals surface area contributed by atoms with Crippen LogP contribution in [-0.4, -0.2) is 58.8 Å². The van der Waals surface area contributed by atoms with Crippen LogP contribution in [0.1, 0.15) is 40.0 Å². The molecule has 0 spiro atoms. The monoisotopic (exact) mass is 341 g/mol. The van der Waals surface area contributed by atoms with Crippen LogP contribution in [0.25, 0.3) is 0 Å². The summed E-state index contributed by atoms with van der Waals surface area (Å²) in [7, 11) is 0. The second-order valence-corrected chi connectivity index (χ2v) is 7.56. The topological polar surface area (TPSA) is 122 Å². The van der Waals surface area contributed by atoms with Gasteiger partial charge in [-0.15, -0.1) is 0 Å². The molecule has 1 aliphatic carbocycles. The van der Waals surface area contributed by atoms with Crippen molar-refractivity contribution in [2.75, 3.05) is 13.2 Å². The van der Waals surface area contributed by atoms with Crippen LogP contribution >= 0.6 is 0 Å². The van der Waals surface area contributed by atoms with Crippen LogP contribution in [0.5, 0.6) is 0 Å². The lowest BCUT2D eigenvalue weighted by atomic mass is 10.1. The van der Waals surface area contributed by atoms with E-state index in [4.69, 9.17) is 10.5 Å². The van der Waals surface area contributed by atoms with Crippen molar-refractivity contribution in [1.82, 2.24) is 10.2 Å². The van der Waals surface area contributed by atoms with Crippen LogP contribution in [0.2, 0.25) is 0 Å². The zero-order chi connectivity index (χ0) is 18.1. The molecule has 4 atom stereocenters. The molecular formula is C16H27N3O5. The van der Waals surface area contributed by atoms with E-state index in [2.05, 4.69) is 5.32 Å². The third-order valence-electron chi connectivity index (χ3n) is 4.44. The second-order valence-electron chi connectivity index (χ2n) is 7.56. The van der Waals surface area contributed by atoms with Gasteiger partial charge in [-0.2, -0.15) is 0 Å². The summed E-state index contributed by atoms with van der Waals surface area (Å²) in [6.45, 7) is 5.61. The van der Waals surface area contributed by atoms with Crippen molar-refractivity contribution in [1.29, 1.82) is 0 Å². The van der Waals surface area contributed by atoms with Gasteiger partial charge in [0.05, 0.1) is 0 Å². The number of nitrogens with one attached hydrogen (secondary N) is 1. The largest absolute Gasteiger partial charge is 0.444 e. The van der Waals surface area contributed by atoms with Crippen molar-refractivity contribution < 1.29 is 24.2 Å². The molecule has 0 radical (unpaired) electrons. The standard InChI is InChI=1S/C16H27N3O5/c1-16(2,3)24-15(23)18-12(10-7-9(10)8-20)14(22)19-6-4-5-11(19)13(17)21/h9-12,20H,4-8H2,1-3H3,(H2,17,21)(H,18,23)/t9-,10+,11?,12-/m0/s1. The molecule has 1 aliphatic heterocycles. The fraction of sp³-hybridized carbons (Fsp3) is 0.812. The van der Waals surface area contributed by atoms with E-state index in [1.807, 2.05) is 0 Å². The number of carbonyl (C=O) groups is 3. The first-order valence-corrected chi connectivity index (χ1v) is 8.34. The zero-order valence-corrected chi connectivity index (χ0v) is 14.4. The maximum atomic E-state index is 12.9. The molecule has 8 heteroatoms. The number of aliphatic hydroxyl groups is 1. The molecule has 0 aromatic carbocycles. The number of likely N-dealkylation sites (tertiary alicyclic amines) is 1. The highest BCUT2D eigenvalue weighted by Crippen LogP contribution is 2.41. The SMILES string of the molecule is CC(C)(C)OC(=O)N[C@H](C(=O)N1CCCC1C(N)=O)[C@@H]1C[C@H]1CO. The highest BCUT2D eigenvalue weighted by molar-refractivity contribution is 5.91. The minimum atomic E-state index is -0.808. The van der Waals surface area contributed by atoms with E-state index in [0.29, 0.717) is 25.8 Å². The summed E-state index contributed by atoms with van der Waals surface area (Å²) < 4.78 is 5.23. The van der Waals surface area contributed by atoms with E-state index in [1.165, 1.54) is 4.90 Å². The van der Waals surface area contributed by atoms with Crippen molar-refractivity contribution in [3.8, 4) is 0 Å². The first-order chi connectivity index (χ1) is 11.1. The van der Waals surface area contributed by atoms with E-state index >= 15 is 0 Å². The molecule has 1 heterocycles. The van der Waals surface area contributed by atoms with Gasteiger partial charge in [-0.05, 0) is 51.9 Å². The fourth-order valence-corrected chi connectivity index (χ4v) is 3.18. The van der Waals surface area contributed by atoms with Crippen LogP contribution in [0.3, 0.4) is 0 Å². The van der Waals surface area contributed by atoms with Gasteiger partial charge in [-0.1, -0.05) is 0 Å². The Hall–Kier alpha value is -1.83. The minimum Gasteiger partial charge on any atom is -0.444 e. The van der Waals surface area contributed by atoms with E-state index in [9.17, 15) is 19.5 Å². The van der Waals surface area contributed by atoms with Crippen molar-refractivity contribution >= 4 is 17.9 Å². The number of hydrogen-bond donors (Lipinski definition) is 3. The van der Waals surface area contributed by atoms with Gasteiger partial charge in [-0.25, -0.2) is 4.79 Å². The number of carbonyl (C=O) groups excluding carboxylic acids is 3. The summed E-state index contributed by atoms with van der Waals surface area (Å²) in [5, 5.41) is 11.9. The fourth-order valence-electron chi connectivity index (χ4n) is 3.18. The summed E-state index contributed by atoms with van der Waals surface area (Å²) in [4.78, 5) is 37.9. The summed E-state index contributed by atoms with van der Waals surface area (Å²) >= 11 is 0. The molecule has 2 rings (SSSR count). The number of primary amides is 1. The van der Waals surface area contributed by atoms with Crippen molar-refractivity contribution in [2.45, 2.75) is 57.7 Å². The van der Waals surface area contributed by atoms with E-state index < -0.39 is 29.7 Å². The van der Waals surface area contributed by atoms with Crippen molar-refractivity contribution in [3.63, 3.8) is 0 Å². The molecule has 3 amide bonds. The molecular weight excluding hydrogens is 314 g/mol. The Labute approximate surface area is 141 Å². The van der Waals surface area contributed by atoms with Gasteiger partial charge in [0.1, 0.15) is 17.7 Å². The number of nitrogens with zero attached hydrogens (tertiary/aromatic N) is 1. The van der Waals surface area contributed by atoms with Crippen LogP contribution in [0.4, 0.5) is 4.79 Å². The average Bonchev–Trinajstić information content (AvgIpc) is 3.06. The lowest BCUT2D eigenvalue weighted by Gasteiger charge is -2.29. The lowest BCUT2D eigenvalue weighted by molar-refractivity contribution is -0.139. The zero-order valence-electron chi connectivity index (χ0n) is 14.4. The van der Waals surface area contributed by atoms with Crippen LogP contribution in [-0.2, 0) is 14.3 Å². The molecule has 2 aliphatic rings. The average molecular weight is 341 g/mol. The highest BCUT2D eigenvalue weighted by Gasteiger charge is 2.49. The molecule has 1 unspecified atom stereocenters. The Bertz CT molecular complexity index is 516. The van der Waals surface area contributed by atoms with Crippen molar-refractivity contribution in [2.24, 2.45) is 17.6 Å². The molecule has 0 aromatic rings. The third kappa shape index (κ3) is 4.37. The van der Waals surface area contributed by atoms with E-state index in [-0.39, 0.29) is 24.3 Å². The molecule has 1 saturated carbocycles. The van der Waals surface area contributed by atoms with Crippen LogP contribution in [0, 0.1) is 11.8 Å².